The molecule has 0 aliphatic heterocycles. The van der Waals surface area contributed by atoms with Gasteiger partial charge >= 0.3 is 6.07 Å². The normalized spacial score (nSPS) is 11.2. The Hall–Kier alpha value is 0.120. The molecule has 1 aromatic carbocycles. The number of hydrogen-bond acceptors (Lipinski definition) is 2. The Labute approximate surface area is 84.4 Å². The fourth-order valence-electron chi connectivity index (χ4n) is 0.647. The summed E-state index contributed by atoms with van der Waals surface area (Å²) in [6, 6.07) is 6.32. The Morgan fingerprint density at radius 3 is 2.50 bits per heavy atom. The Kier molecular flexibility index (Phi) is 3.30. The van der Waals surface area contributed by atoms with E-state index in [9.17, 15) is 4.57 Å². The molecule has 0 amide bonds. The highest BCUT2D eigenvalue weighted by molar-refractivity contribution is 8.05. The Bertz CT molecular complexity index is 322. The zero-order valence-corrected chi connectivity index (χ0v) is 8.87. The number of halogens is 3. The van der Waals surface area contributed by atoms with Gasteiger partial charge in [-0.25, -0.2) is 4.57 Å². The van der Waals surface area contributed by atoms with E-state index in [1.165, 1.54) is 6.07 Å². The lowest BCUT2D eigenvalue weighted by Crippen LogP contribution is -1.80. The van der Waals surface area contributed by atoms with Crippen molar-refractivity contribution < 1.29 is 9.09 Å². The van der Waals surface area contributed by atoms with Gasteiger partial charge in [0.1, 0.15) is 5.75 Å². The van der Waals surface area contributed by atoms with Gasteiger partial charge in [-0.1, -0.05) is 17.7 Å². The molecular weight excluding hydrogens is 241 g/mol. The first-order valence-corrected chi connectivity index (χ1v) is 6.73. The summed E-state index contributed by atoms with van der Waals surface area (Å²) in [7, 11) is 0. The second-order valence-electron chi connectivity index (χ2n) is 1.96. The number of hydrogen-bond donors (Lipinski definition) is 0. The molecule has 0 radical (unpaired) electrons. The van der Waals surface area contributed by atoms with Crippen LogP contribution < -0.4 is 4.52 Å². The van der Waals surface area contributed by atoms with Crippen molar-refractivity contribution in [2.75, 3.05) is 0 Å². The molecule has 1 aromatic rings. The van der Waals surface area contributed by atoms with Crippen LogP contribution in [0.5, 0.6) is 5.75 Å². The maximum Gasteiger partial charge on any atom is 0.428 e. The van der Waals surface area contributed by atoms with Gasteiger partial charge in [-0.15, -0.1) is 0 Å². The van der Waals surface area contributed by atoms with Gasteiger partial charge in [0, 0.05) is 27.5 Å². The van der Waals surface area contributed by atoms with Crippen LogP contribution in [-0.4, -0.2) is 0 Å². The summed E-state index contributed by atoms with van der Waals surface area (Å²) >= 11 is 16.0. The molecule has 0 spiro atoms. The van der Waals surface area contributed by atoms with Gasteiger partial charge in [0.05, 0.1) is 0 Å². The van der Waals surface area contributed by atoms with Crippen LogP contribution in [0.1, 0.15) is 0 Å². The van der Waals surface area contributed by atoms with Gasteiger partial charge in [-0.3, -0.25) is 0 Å². The molecule has 0 bridgehead atoms. The minimum absolute atomic E-state index is 0.288. The highest BCUT2D eigenvalue weighted by Crippen LogP contribution is 2.57. The molecule has 0 aromatic heterocycles. The van der Waals surface area contributed by atoms with Crippen LogP contribution >= 0.6 is 40.2 Å². The molecule has 6 heteroatoms. The molecule has 0 heterocycles. The molecule has 0 aliphatic carbocycles. The highest BCUT2D eigenvalue weighted by Gasteiger charge is 2.15. The summed E-state index contributed by atoms with van der Waals surface area (Å²) in [6.45, 7) is 0. The first kappa shape index (κ1) is 10.2. The summed E-state index contributed by atoms with van der Waals surface area (Å²) in [5, 5.41) is 0.467. The van der Waals surface area contributed by atoms with Gasteiger partial charge < -0.3 is 4.52 Å². The Balaban J connectivity index is 2.84. The molecule has 12 heavy (non-hydrogen) atoms. The Morgan fingerprint density at radius 2 is 2.00 bits per heavy atom. The Morgan fingerprint density at radius 1 is 1.33 bits per heavy atom. The van der Waals surface area contributed by atoms with Gasteiger partial charge in [-0.2, -0.15) is 0 Å². The van der Waals surface area contributed by atoms with E-state index in [2.05, 4.69) is 4.52 Å². The van der Waals surface area contributed by atoms with Crippen molar-refractivity contribution in [1.29, 1.82) is 0 Å². The van der Waals surface area contributed by atoms with Crippen LogP contribution in [0.2, 0.25) is 5.02 Å². The predicted octanol–water partition coefficient (Wildman–Crippen LogP) is 4.30. The smallest absolute Gasteiger partial charge is 0.422 e. The van der Waals surface area contributed by atoms with E-state index >= 15 is 0 Å². The second kappa shape index (κ2) is 3.89. The predicted molar refractivity (Wildman–Crippen MR) is 51.4 cm³/mol. The summed E-state index contributed by atoms with van der Waals surface area (Å²) < 4.78 is 15.4. The van der Waals surface area contributed by atoms with E-state index in [1.54, 1.807) is 18.2 Å². The quantitative estimate of drug-likeness (QED) is 0.726. The molecule has 0 saturated heterocycles. The lowest BCUT2D eigenvalue weighted by atomic mass is 10.3. The average molecular weight is 245 g/mol. The first-order chi connectivity index (χ1) is 5.47. The zero-order valence-electron chi connectivity index (χ0n) is 5.71. The molecule has 0 fully saturated rings. The molecule has 0 unspecified atom stereocenters. The lowest BCUT2D eigenvalue weighted by molar-refractivity contribution is 0.513. The van der Waals surface area contributed by atoms with Crippen LogP contribution in [-0.2, 0) is 4.57 Å². The fourth-order valence-corrected chi connectivity index (χ4v) is 1.66. The minimum Gasteiger partial charge on any atom is -0.422 e. The summed E-state index contributed by atoms with van der Waals surface area (Å²) in [5.41, 5.74) is 0. The maximum absolute atomic E-state index is 10.8. The standard InChI is InChI=1S/C6H4Cl3O2P/c7-5-2-1-3-6(4-5)11-12(8,9)10/h1-4H. The molecule has 66 valence electrons. The first-order valence-electron chi connectivity index (χ1n) is 2.92. The molecule has 0 aliphatic rings. The topological polar surface area (TPSA) is 26.3 Å². The second-order valence-corrected chi connectivity index (χ2v) is 6.60. The van der Waals surface area contributed by atoms with E-state index in [-0.39, 0.29) is 5.75 Å². The van der Waals surface area contributed by atoms with E-state index < -0.39 is 6.07 Å². The average Bonchev–Trinajstić information content (AvgIpc) is 1.82. The van der Waals surface area contributed by atoms with Gasteiger partial charge in [0.25, 0.3) is 0 Å². The van der Waals surface area contributed by atoms with E-state index in [1.807, 2.05) is 0 Å². The van der Waals surface area contributed by atoms with Crippen LogP contribution in [0.15, 0.2) is 24.3 Å². The van der Waals surface area contributed by atoms with E-state index in [0.717, 1.165) is 0 Å². The van der Waals surface area contributed by atoms with Crippen molar-refractivity contribution in [3.8, 4) is 5.75 Å². The molecule has 2 nitrogen and oxygen atoms in total. The van der Waals surface area contributed by atoms with Gasteiger partial charge in [0.15, 0.2) is 0 Å². The van der Waals surface area contributed by atoms with Crippen molar-refractivity contribution in [2.24, 2.45) is 0 Å². The van der Waals surface area contributed by atoms with Crippen LogP contribution in [0.25, 0.3) is 0 Å². The number of rotatable bonds is 2. The molecule has 0 N–H and O–H groups in total. The molecule has 1 rings (SSSR count). The van der Waals surface area contributed by atoms with Crippen molar-refractivity contribution >= 4 is 40.2 Å². The summed E-state index contributed by atoms with van der Waals surface area (Å²) in [5.74, 6) is 0.288. The van der Waals surface area contributed by atoms with Crippen molar-refractivity contribution in [3.05, 3.63) is 29.3 Å². The van der Waals surface area contributed by atoms with Crippen LogP contribution in [0, 0.1) is 0 Å². The van der Waals surface area contributed by atoms with Crippen LogP contribution in [0.3, 0.4) is 0 Å². The third-order valence-corrected chi connectivity index (χ3v) is 2.08. The molecular formula is C6H4Cl3O2P. The lowest BCUT2D eigenvalue weighted by Gasteiger charge is -2.04. The van der Waals surface area contributed by atoms with E-state index in [4.69, 9.17) is 34.1 Å². The maximum atomic E-state index is 10.8. The molecule has 0 saturated carbocycles. The SMILES string of the molecule is O=P(Cl)(Cl)Oc1cccc(Cl)c1. The zero-order chi connectivity index (χ0) is 9.19. The largest absolute Gasteiger partial charge is 0.428 e. The monoisotopic (exact) mass is 244 g/mol. The van der Waals surface area contributed by atoms with Gasteiger partial charge in [0.2, 0.25) is 0 Å². The number of benzene rings is 1. The summed E-state index contributed by atoms with van der Waals surface area (Å²) in [4.78, 5) is 0. The molecule has 0 atom stereocenters. The van der Waals surface area contributed by atoms with Crippen molar-refractivity contribution in [1.82, 2.24) is 0 Å². The van der Waals surface area contributed by atoms with E-state index in [0.29, 0.717) is 5.02 Å². The van der Waals surface area contributed by atoms with Crippen LogP contribution in [0.4, 0.5) is 0 Å². The van der Waals surface area contributed by atoms with Crippen molar-refractivity contribution in [2.45, 2.75) is 0 Å². The van der Waals surface area contributed by atoms with Gasteiger partial charge in [-0.05, 0) is 18.2 Å². The highest BCUT2D eigenvalue weighted by atomic mass is 35.9. The van der Waals surface area contributed by atoms with Crippen molar-refractivity contribution in [3.63, 3.8) is 0 Å². The fraction of sp³-hybridized carbons (Fsp3) is 0. The third kappa shape index (κ3) is 3.68. The third-order valence-electron chi connectivity index (χ3n) is 1.01. The summed E-state index contributed by atoms with van der Waals surface area (Å²) in [6.07, 6.45) is -3.52. The minimum atomic E-state index is -3.52.